The minimum atomic E-state index is -2.74. The number of Topliss-reactive ketones (excluding diaryl/α,β-unsaturated/α-hetero) is 2. The number of ketones is 2. The number of amides is 2. The number of rotatable bonds is 8. The number of benzene rings is 2. The molecule has 0 spiro atoms. The van der Waals surface area contributed by atoms with E-state index in [0.717, 1.165) is 76.2 Å². The van der Waals surface area contributed by atoms with Crippen molar-refractivity contribution >= 4 is 35.3 Å². The van der Waals surface area contributed by atoms with Gasteiger partial charge in [-0.15, -0.1) is 0 Å². The van der Waals surface area contributed by atoms with Crippen LogP contribution in [0.25, 0.3) is 0 Å². The molecule has 8 rings (SSSR count). The van der Waals surface area contributed by atoms with Gasteiger partial charge in [-0.05, 0) is 157 Å². The highest BCUT2D eigenvalue weighted by atomic mass is 16.7. The number of fused-ring (bicyclic) bond motifs is 6. The van der Waals surface area contributed by atoms with Gasteiger partial charge in [0.2, 0.25) is 11.6 Å². The topological polar surface area (TPSA) is 227 Å². The van der Waals surface area contributed by atoms with E-state index in [9.17, 15) is 49.2 Å². The van der Waals surface area contributed by atoms with Gasteiger partial charge in [0.25, 0.3) is 11.8 Å². The number of carbonyl (C=O) groups excluding carboxylic acids is 6. The lowest BCUT2D eigenvalue weighted by molar-refractivity contribution is -0.237. The molecule has 0 radical (unpaired) electrons. The molecule has 0 saturated carbocycles. The fourth-order valence-electron chi connectivity index (χ4n) is 14.4. The van der Waals surface area contributed by atoms with Crippen LogP contribution in [0.3, 0.4) is 0 Å². The van der Waals surface area contributed by atoms with Crippen molar-refractivity contribution in [3.63, 3.8) is 0 Å². The molecule has 6 aliphatic heterocycles. The van der Waals surface area contributed by atoms with Crippen LogP contribution in [0.2, 0.25) is 0 Å². The second-order valence-corrected chi connectivity index (χ2v) is 26.9. The lowest BCUT2D eigenvalue weighted by Crippen LogP contribution is -2.62. The number of esters is 2. The Balaban J connectivity index is 0.000000251. The third-order valence-corrected chi connectivity index (χ3v) is 20.5. The number of nitrogens with zero attached hydrogens (tertiary/aromatic N) is 2. The Kier molecular flexibility index (Phi) is 26.6. The summed E-state index contributed by atoms with van der Waals surface area (Å²) in [5.41, 5.74) is 2.34. The van der Waals surface area contributed by atoms with Gasteiger partial charge < -0.3 is 49.2 Å². The molecule has 6 heterocycles. The molecule has 0 aromatic heterocycles. The predicted molar refractivity (Wildman–Crippen MR) is 337 cm³/mol. The van der Waals surface area contributed by atoms with E-state index in [1.54, 1.807) is 13.8 Å². The number of allylic oxidation sites excluding steroid dienone is 3. The molecule has 18 atom stereocenters. The molecule has 5 saturated heterocycles. The summed E-state index contributed by atoms with van der Waals surface area (Å²) in [4.78, 5) is 85.9. The fraction of sp³-hybridized carbons (Fsp3) is 0.694. The van der Waals surface area contributed by atoms with Crippen molar-refractivity contribution in [2.75, 3.05) is 13.1 Å². The largest absolute Gasteiger partial charge is 0.461 e. The summed E-state index contributed by atoms with van der Waals surface area (Å²) in [5, 5.41) is 46.1. The van der Waals surface area contributed by atoms with Crippen LogP contribution in [-0.4, -0.2) is 139 Å². The maximum Gasteiger partial charge on any atom is 0.329 e. The number of piperidine rings is 2. The summed E-state index contributed by atoms with van der Waals surface area (Å²) >= 11 is 0. The first-order valence-corrected chi connectivity index (χ1v) is 33.8. The Morgan fingerprint density at radius 1 is 0.511 bits per heavy atom. The van der Waals surface area contributed by atoms with Crippen molar-refractivity contribution in [2.24, 2.45) is 47.3 Å². The summed E-state index contributed by atoms with van der Waals surface area (Å²) in [7, 11) is 0. The predicted octanol–water partition coefficient (Wildman–Crippen LogP) is 10.8. The molecule has 2 aromatic carbocycles. The zero-order chi connectivity index (χ0) is 63.7. The second kappa shape index (κ2) is 33.3. The van der Waals surface area contributed by atoms with Gasteiger partial charge in [0.1, 0.15) is 24.3 Å². The normalized spacial score (nSPS) is 36.3. The Bertz CT molecular complexity index is 2630. The maximum absolute atomic E-state index is 14.2. The molecule has 6 aliphatic rings. The van der Waals surface area contributed by atoms with E-state index in [2.05, 4.69) is 38.1 Å². The molecule has 16 nitrogen and oxygen atoms in total. The van der Waals surface area contributed by atoms with Crippen LogP contribution in [0.4, 0.5) is 0 Å². The van der Waals surface area contributed by atoms with Crippen molar-refractivity contribution in [3.8, 4) is 0 Å². The molecule has 5 fully saturated rings. The molecule has 4 N–H and O–H groups in total. The van der Waals surface area contributed by atoms with Crippen molar-refractivity contribution in [2.45, 2.75) is 257 Å². The Morgan fingerprint density at radius 2 is 0.966 bits per heavy atom. The van der Waals surface area contributed by atoms with Gasteiger partial charge in [-0.1, -0.05) is 154 Å². The Morgan fingerprint density at radius 3 is 1.47 bits per heavy atom. The Labute approximate surface area is 524 Å². The maximum atomic E-state index is 14.2. The van der Waals surface area contributed by atoms with Gasteiger partial charge in [0.15, 0.2) is 0 Å². The van der Waals surface area contributed by atoms with Gasteiger partial charge in [0.05, 0.1) is 24.4 Å². The second-order valence-electron chi connectivity index (χ2n) is 26.9. The SMILES string of the molecule is CC[C@H](Cc1ccccc1)[C@@H]1/C=C/C/C=C/C[C@@H](C)[C@H](O)[C@@H](C)[C@@H]2CC[C@@H](C)C(=O)C(O)(O2)C(=O)N2CCCC[C@H]2C(=O)O1.CC[C@H](Cc1ccccc1)[C@@H]1CCCCCC[C@@H](C)[C@H](O)[C@@H](C)[C@@H]2CC[C@@H](C)C(=O)C(O)(O2)C(=O)N2CCCC[C@H]2C(=O)O1. The van der Waals surface area contributed by atoms with Crippen LogP contribution < -0.4 is 0 Å². The first-order valence-electron chi connectivity index (χ1n) is 33.8. The van der Waals surface area contributed by atoms with Crippen molar-refractivity contribution in [1.29, 1.82) is 0 Å². The summed E-state index contributed by atoms with van der Waals surface area (Å²) < 4.78 is 24.7. The van der Waals surface area contributed by atoms with Crippen LogP contribution in [0.5, 0.6) is 0 Å². The Hall–Kier alpha value is -5.10. The monoisotopic (exact) mass is 1220 g/mol. The molecule has 2 aromatic rings. The molecule has 488 valence electrons. The lowest BCUT2D eigenvalue weighted by atomic mass is 9.84. The zero-order valence-electron chi connectivity index (χ0n) is 54.1. The fourth-order valence-corrected chi connectivity index (χ4v) is 14.4. The quantitative estimate of drug-likeness (QED) is 0.110. The van der Waals surface area contributed by atoms with E-state index in [-0.39, 0.29) is 48.8 Å². The number of aliphatic hydroxyl groups excluding tert-OH is 2. The van der Waals surface area contributed by atoms with Crippen LogP contribution in [0.15, 0.2) is 85.0 Å². The number of cyclic esters (lactones) is 2. The molecule has 2 amide bonds. The highest BCUT2D eigenvalue weighted by Crippen LogP contribution is 2.39. The van der Waals surface area contributed by atoms with Crippen molar-refractivity contribution in [1.82, 2.24) is 9.80 Å². The van der Waals surface area contributed by atoms with Crippen molar-refractivity contribution in [3.05, 3.63) is 96.1 Å². The van der Waals surface area contributed by atoms with E-state index in [1.807, 2.05) is 88.4 Å². The molecule has 16 heteroatoms. The van der Waals surface area contributed by atoms with E-state index in [1.165, 1.54) is 15.4 Å². The van der Waals surface area contributed by atoms with Crippen LogP contribution in [-0.2, 0) is 60.6 Å². The van der Waals surface area contributed by atoms with Crippen LogP contribution in [0, 0.1) is 47.3 Å². The number of carbonyl (C=O) groups is 6. The van der Waals surface area contributed by atoms with E-state index in [0.29, 0.717) is 70.6 Å². The molecular weight excluding hydrogens is 1120 g/mol. The molecule has 4 bridgehead atoms. The van der Waals surface area contributed by atoms with Gasteiger partial charge >= 0.3 is 23.5 Å². The average Bonchev–Trinajstić information content (AvgIpc) is 1.80. The van der Waals surface area contributed by atoms with Gasteiger partial charge in [-0.2, -0.15) is 0 Å². The zero-order valence-corrected chi connectivity index (χ0v) is 54.1. The van der Waals surface area contributed by atoms with Crippen LogP contribution in [0.1, 0.15) is 195 Å². The molecular formula is C72H106N2O14. The number of hydrogen-bond donors (Lipinski definition) is 4. The summed E-state index contributed by atoms with van der Waals surface area (Å²) in [6, 6.07) is 18.5. The molecule has 88 heavy (non-hydrogen) atoms. The third-order valence-electron chi connectivity index (χ3n) is 20.5. The number of aliphatic hydroxyl groups is 4. The third kappa shape index (κ3) is 17.7. The number of hydrogen-bond acceptors (Lipinski definition) is 14. The van der Waals surface area contributed by atoms with Gasteiger partial charge in [0, 0.05) is 42.7 Å². The van der Waals surface area contributed by atoms with Crippen molar-refractivity contribution < 1.29 is 68.1 Å². The average molecular weight is 1220 g/mol. The lowest BCUT2D eigenvalue weighted by Gasteiger charge is -2.41. The van der Waals surface area contributed by atoms with Crippen LogP contribution >= 0.6 is 0 Å². The summed E-state index contributed by atoms with van der Waals surface area (Å²) in [5.74, 6) is -11.7. The molecule has 0 aliphatic carbocycles. The standard InChI is InChI=1S/C36H55NO7.C36H51NO7/c2*1-5-28(23-27-16-10-8-11-17-27)31-19-12-7-6-9-15-24(2)32(38)26(4)30-21-20-25(3)33(39)36(42,44-30)35(41)37-22-14-13-18-29(37)34(40)43-31/h8,10-11,16-17,24-26,28-32,38,42H,5-7,9,12-15,18-23H2,1-4H3;6,8-12,16-17,19,24-26,28-32,38,42H,5,7,13-15,18,20-23H2,1-4H3/b;9-6+,19-12+/t2*24-,25-,26+,28-,29+,30+,31+,32+,36?/m11/s1. The first kappa shape index (κ1) is 70.4. The van der Waals surface area contributed by atoms with E-state index in [4.69, 9.17) is 18.9 Å². The van der Waals surface area contributed by atoms with Gasteiger partial charge in [-0.3, -0.25) is 19.2 Å². The first-order chi connectivity index (χ1) is 42.1. The summed E-state index contributed by atoms with van der Waals surface area (Å²) in [6.07, 6.45) is 19.5. The summed E-state index contributed by atoms with van der Waals surface area (Å²) in [6.45, 7) is 15.7. The highest BCUT2D eigenvalue weighted by Gasteiger charge is 2.57. The smallest absolute Gasteiger partial charge is 0.329 e. The van der Waals surface area contributed by atoms with E-state index >= 15 is 0 Å². The highest BCUT2D eigenvalue weighted by molar-refractivity contribution is 6.10. The minimum Gasteiger partial charge on any atom is -0.461 e. The van der Waals surface area contributed by atoms with Gasteiger partial charge in [-0.25, -0.2) is 9.59 Å². The minimum absolute atomic E-state index is 0.00294. The number of ether oxygens (including phenoxy) is 4. The van der Waals surface area contributed by atoms with E-state index < -0.39 is 107 Å². The molecule has 2 unspecified atom stereocenters.